The van der Waals surface area contributed by atoms with Crippen molar-refractivity contribution in [3.63, 3.8) is 0 Å². The van der Waals surface area contributed by atoms with E-state index >= 15 is 0 Å². The number of carbonyl (C=O) groups excluding carboxylic acids is 1. The van der Waals surface area contributed by atoms with E-state index < -0.39 is 39.8 Å². The molecular weight excluding hydrogens is 302 g/mol. The topological polar surface area (TPSA) is 61.5 Å². The zero-order valence-corrected chi connectivity index (χ0v) is 10.7. The highest BCUT2D eigenvalue weighted by atomic mass is 32.2. The lowest BCUT2D eigenvalue weighted by Crippen LogP contribution is -2.07. The van der Waals surface area contributed by atoms with Crippen molar-refractivity contribution in [2.24, 2.45) is 0 Å². The fourth-order valence-corrected chi connectivity index (χ4v) is 1.63. The van der Waals surface area contributed by atoms with E-state index in [0.717, 1.165) is 6.08 Å². The number of ether oxygens (including phenoxy) is 1. The van der Waals surface area contributed by atoms with E-state index in [1.54, 1.807) is 0 Å². The van der Waals surface area contributed by atoms with Crippen molar-refractivity contribution in [1.82, 2.24) is 0 Å². The van der Waals surface area contributed by atoms with Crippen LogP contribution in [0.1, 0.15) is 0 Å². The van der Waals surface area contributed by atoms with Gasteiger partial charge in [0.15, 0.2) is 23.3 Å². The highest BCUT2D eigenvalue weighted by molar-refractivity contribution is 7.94. The third-order valence-electron chi connectivity index (χ3n) is 1.98. The fraction of sp³-hybridized carbons (Fsp3) is 0.182. The minimum Gasteiger partial charge on any atom is -0.460 e. The first-order valence-corrected chi connectivity index (χ1v) is 5.84. The number of esters is 1. The molecule has 1 aromatic rings. The zero-order valence-electron chi connectivity index (χ0n) is 9.92. The molecule has 0 aliphatic carbocycles. The van der Waals surface area contributed by atoms with Gasteiger partial charge in [-0.05, 0) is 0 Å². The van der Waals surface area contributed by atoms with Gasteiger partial charge in [0, 0.05) is 18.1 Å². The Bertz CT molecular complexity index is 510. The van der Waals surface area contributed by atoms with Crippen molar-refractivity contribution in [2.75, 3.05) is 18.9 Å². The van der Waals surface area contributed by atoms with Gasteiger partial charge in [0.05, 0.1) is 6.61 Å². The van der Waals surface area contributed by atoms with Gasteiger partial charge < -0.3 is 14.7 Å². The van der Waals surface area contributed by atoms with Crippen molar-refractivity contribution in [1.29, 1.82) is 0 Å². The maximum absolute atomic E-state index is 13.3. The Morgan fingerprint density at radius 3 is 2.20 bits per heavy atom. The first-order valence-electron chi connectivity index (χ1n) is 5.10. The molecule has 0 bridgehead atoms. The van der Waals surface area contributed by atoms with Gasteiger partial charge in [-0.25, -0.2) is 22.4 Å². The van der Waals surface area contributed by atoms with Crippen LogP contribution in [0.25, 0.3) is 0 Å². The third-order valence-corrected chi connectivity index (χ3v) is 2.79. The second kappa shape index (κ2) is 7.15. The highest BCUT2D eigenvalue weighted by Gasteiger charge is 2.24. The smallest absolute Gasteiger partial charge is 0.330 e. The van der Waals surface area contributed by atoms with E-state index in [-0.39, 0.29) is 25.3 Å². The molecule has 0 atom stereocenters. The molecule has 0 spiro atoms. The lowest BCUT2D eigenvalue weighted by molar-refractivity contribution is -0.138. The Morgan fingerprint density at radius 2 is 1.70 bits per heavy atom. The normalized spacial score (nSPS) is 10.4. The second-order valence-corrected chi connectivity index (χ2v) is 4.09. The summed E-state index contributed by atoms with van der Waals surface area (Å²) in [7, 11) is 0. The predicted octanol–water partition coefficient (Wildman–Crippen LogP) is 2.58. The van der Waals surface area contributed by atoms with Gasteiger partial charge in [0.25, 0.3) is 0 Å². The summed E-state index contributed by atoms with van der Waals surface area (Å²) in [6.45, 7) is 2.67. The van der Waals surface area contributed by atoms with Gasteiger partial charge in [-0.3, -0.25) is 0 Å². The van der Waals surface area contributed by atoms with Crippen LogP contribution in [0.15, 0.2) is 17.6 Å². The number of carbonyl (C=O) groups is 1. The average molecular weight is 311 g/mol. The molecule has 9 heteroatoms. The van der Waals surface area contributed by atoms with Crippen molar-refractivity contribution < 1.29 is 31.3 Å². The van der Waals surface area contributed by atoms with Crippen molar-refractivity contribution in [2.45, 2.75) is 4.90 Å². The Balaban J connectivity index is 2.65. The lowest BCUT2D eigenvalue weighted by atomic mass is 10.2. The summed E-state index contributed by atoms with van der Waals surface area (Å²) in [6.07, 6.45) is 0.914. The largest absolute Gasteiger partial charge is 0.460 e. The van der Waals surface area contributed by atoms with Crippen molar-refractivity contribution in [3.8, 4) is 0 Å². The number of hydrogen-bond donors (Lipinski definition) is 1. The molecule has 2 N–H and O–H groups in total. The molecule has 0 amide bonds. The minimum atomic E-state index is -1.70. The molecule has 0 aliphatic heterocycles. The molecule has 1 rings (SSSR count). The maximum atomic E-state index is 13.3. The molecule has 0 aromatic heterocycles. The molecule has 0 saturated carbocycles. The summed E-state index contributed by atoms with van der Waals surface area (Å²) < 4.78 is 62.1. The minimum absolute atomic E-state index is 0.0673. The summed E-state index contributed by atoms with van der Waals surface area (Å²) in [5.74, 6) is -7.43. The van der Waals surface area contributed by atoms with Crippen LogP contribution in [0.5, 0.6) is 0 Å². The maximum Gasteiger partial charge on any atom is 0.330 e. The SMILES string of the molecule is C=CC(=O)OCCOSc1c(F)c(F)c(N)c(F)c1F. The number of rotatable bonds is 6. The Kier molecular flexibility index (Phi) is 5.83. The summed E-state index contributed by atoms with van der Waals surface area (Å²) >= 11 is 0.0673. The number of benzene rings is 1. The highest BCUT2D eigenvalue weighted by Crippen LogP contribution is 2.32. The van der Waals surface area contributed by atoms with Gasteiger partial charge in [-0.1, -0.05) is 6.58 Å². The molecule has 0 saturated heterocycles. The van der Waals surface area contributed by atoms with Crippen LogP contribution in [0.3, 0.4) is 0 Å². The monoisotopic (exact) mass is 311 g/mol. The molecule has 0 unspecified atom stereocenters. The molecule has 1 aromatic carbocycles. The van der Waals surface area contributed by atoms with Crippen LogP contribution >= 0.6 is 12.0 Å². The quantitative estimate of drug-likeness (QED) is 0.166. The van der Waals surface area contributed by atoms with Crippen LogP contribution < -0.4 is 5.73 Å². The van der Waals surface area contributed by atoms with Crippen LogP contribution in [-0.4, -0.2) is 19.2 Å². The molecule has 0 aliphatic rings. The van der Waals surface area contributed by atoms with E-state index in [1.807, 2.05) is 0 Å². The van der Waals surface area contributed by atoms with Crippen molar-refractivity contribution in [3.05, 3.63) is 35.9 Å². The number of anilines is 1. The molecule has 0 fully saturated rings. The first-order chi connectivity index (χ1) is 9.40. The third kappa shape index (κ3) is 3.64. The van der Waals surface area contributed by atoms with Gasteiger partial charge in [-0.15, -0.1) is 0 Å². The molecule has 20 heavy (non-hydrogen) atoms. The van der Waals surface area contributed by atoms with Crippen LogP contribution in [-0.2, 0) is 13.7 Å². The van der Waals surface area contributed by atoms with Crippen LogP contribution in [0.4, 0.5) is 23.2 Å². The van der Waals surface area contributed by atoms with Crippen LogP contribution in [0, 0.1) is 23.3 Å². The van der Waals surface area contributed by atoms with E-state index in [1.165, 1.54) is 0 Å². The summed E-state index contributed by atoms with van der Waals surface area (Å²) in [5.41, 5.74) is 3.58. The van der Waals surface area contributed by atoms with Gasteiger partial charge in [0.2, 0.25) is 0 Å². The van der Waals surface area contributed by atoms with Crippen molar-refractivity contribution >= 4 is 23.7 Å². The molecular formula is C11H9F4NO3S. The fourth-order valence-electron chi connectivity index (χ4n) is 1.04. The molecule has 110 valence electrons. The van der Waals surface area contributed by atoms with E-state index in [0.29, 0.717) is 0 Å². The second-order valence-electron chi connectivity index (χ2n) is 3.28. The molecule has 0 radical (unpaired) electrons. The standard InChI is InChI=1S/C11H9F4NO3S/c1-2-5(17)18-3-4-19-20-11-8(14)6(12)10(16)7(13)9(11)15/h2H,1,3-4,16H2. The first kappa shape index (κ1) is 16.3. The lowest BCUT2D eigenvalue weighted by Gasteiger charge is -2.08. The number of nitrogen functional groups attached to an aromatic ring is 1. The summed E-state index contributed by atoms with van der Waals surface area (Å²) in [5, 5.41) is 0. The van der Waals surface area contributed by atoms with E-state index in [2.05, 4.69) is 15.5 Å². The van der Waals surface area contributed by atoms with Gasteiger partial charge in [0.1, 0.15) is 17.2 Å². The van der Waals surface area contributed by atoms with E-state index in [9.17, 15) is 22.4 Å². The van der Waals surface area contributed by atoms with Crippen LogP contribution in [0.2, 0.25) is 0 Å². The number of hydrogen-bond acceptors (Lipinski definition) is 5. The Morgan fingerprint density at radius 1 is 1.15 bits per heavy atom. The average Bonchev–Trinajstić information content (AvgIpc) is 2.45. The van der Waals surface area contributed by atoms with Gasteiger partial charge in [-0.2, -0.15) is 0 Å². The molecule has 0 heterocycles. The van der Waals surface area contributed by atoms with E-state index in [4.69, 9.17) is 5.73 Å². The zero-order chi connectivity index (χ0) is 15.3. The predicted molar refractivity (Wildman–Crippen MR) is 63.7 cm³/mol. The summed E-state index contributed by atoms with van der Waals surface area (Å²) in [4.78, 5) is 9.63. The Labute approximate surface area is 115 Å². The molecule has 4 nitrogen and oxygen atoms in total. The van der Waals surface area contributed by atoms with Gasteiger partial charge >= 0.3 is 5.97 Å². The summed E-state index contributed by atoms with van der Waals surface area (Å²) in [6, 6.07) is 0. The number of halogens is 4. The number of nitrogens with two attached hydrogens (primary N) is 1. The Hall–Kier alpha value is -1.74.